The van der Waals surface area contributed by atoms with Gasteiger partial charge in [-0.05, 0) is 6.92 Å². The number of carbonyl (C=O) groups is 1. The van der Waals surface area contributed by atoms with E-state index >= 15 is 0 Å². The molecule has 0 bridgehead atoms. The molecule has 0 spiro atoms. The van der Waals surface area contributed by atoms with Crippen molar-refractivity contribution in [2.24, 2.45) is 5.73 Å². The molecule has 6 nitrogen and oxygen atoms in total. The third-order valence-electron chi connectivity index (χ3n) is 3.02. The highest BCUT2D eigenvalue weighted by Crippen LogP contribution is 2.19. The number of aromatic nitrogens is 2. The predicted octanol–water partition coefficient (Wildman–Crippen LogP) is 0.940. The van der Waals surface area contributed by atoms with Crippen molar-refractivity contribution in [1.29, 1.82) is 0 Å². The van der Waals surface area contributed by atoms with Crippen molar-refractivity contribution in [3.63, 3.8) is 0 Å². The molecule has 20 heavy (non-hydrogen) atoms. The number of piperazine rings is 1. The van der Waals surface area contributed by atoms with E-state index in [2.05, 4.69) is 14.3 Å². The van der Waals surface area contributed by atoms with Crippen molar-refractivity contribution in [2.75, 3.05) is 31.1 Å². The SMILES string of the molecule is CCc1nsc(N2CCN(C(=O)[C@@H](C)N)CC2)n1.Cl.Cl. The average Bonchev–Trinajstić information content (AvgIpc) is 2.86. The highest BCUT2D eigenvalue weighted by atomic mass is 35.5. The lowest BCUT2D eigenvalue weighted by molar-refractivity contribution is -0.132. The minimum Gasteiger partial charge on any atom is -0.343 e. The topological polar surface area (TPSA) is 75.4 Å². The van der Waals surface area contributed by atoms with Gasteiger partial charge in [-0.2, -0.15) is 4.37 Å². The zero-order chi connectivity index (χ0) is 13.1. The Morgan fingerprint density at radius 1 is 1.35 bits per heavy atom. The summed E-state index contributed by atoms with van der Waals surface area (Å²) in [5, 5.41) is 0.958. The van der Waals surface area contributed by atoms with E-state index < -0.39 is 6.04 Å². The fraction of sp³-hybridized carbons (Fsp3) is 0.727. The van der Waals surface area contributed by atoms with Crippen molar-refractivity contribution < 1.29 is 4.79 Å². The summed E-state index contributed by atoms with van der Waals surface area (Å²) in [7, 11) is 0. The third-order valence-corrected chi connectivity index (χ3v) is 3.84. The molecule has 1 atom stereocenters. The van der Waals surface area contributed by atoms with Crippen LogP contribution >= 0.6 is 36.3 Å². The van der Waals surface area contributed by atoms with Gasteiger partial charge in [-0.3, -0.25) is 4.79 Å². The zero-order valence-corrected chi connectivity index (χ0v) is 14.1. The maximum absolute atomic E-state index is 11.7. The Labute approximate surface area is 135 Å². The number of hydrogen-bond acceptors (Lipinski definition) is 6. The smallest absolute Gasteiger partial charge is 0.239 e. The van der Waals surface area contributed by atoms with Crippen LogP contribution in [-0.2, 0) is 11.2 Å². The summed E-state index contributed by atoms with van der Waals surface area (Å²) in [4.78, 5) is 20.2. The molecule has 1 saturated heterocycles. The van der Waals surface area contributed by atoms with Gasteiger partial charge < -0.3 is 15.5 Å². The number of rotatable bonds is 3. The Morgan fingerprint density at radius 2 is 1.95 bits per heavy atom. The van der Waals surface area contributed by atoms with Crippen LogP contribution in [0.2, 0.25) is 0 Å². The first-order valence-corrected chi connectivity index (χ1v) is 7.01. The molecule has 0 radical (unpaired) electrons. The van der Waals surface area contributed by atoms with Crippen molar-refractivity contribution >= 4 is 47.4 Å². The third kappa shape index (κ3) is 4.44. The highest BCUT2D eigenvalue weighted by Gasteiger charge is 2.24. The van der Waals surface area contributed by atoms with Crippen molar-refractivity contribution in [2.45, 2.75) is 26.3 Å². The van der Waals surface area contributed by atoms with E-state index in [1.54, 1.807) is 6.92 Å². The summed E-state index contributed by atoms with van der Waals surface area (Å²) >= 11 is 1.43. The molecule has 1 aliphatic rings. The van der Waals surface area contributed by atoms with Gasteiger partial charge in [-0.15, -0.1) is 24.8 Å². The Kier molecular flexibility index (Phi) is 8.34. The molecule has 1 fully saturated rings. The van der Waals surface area contributed by atoms with Gasteiger partial charge in [0.1, 0.15) is 5.82 Å². The molecule has 2 rings (SSSR count). The molecule has 0 unspecified atom stereocenters. The number of nitrogens with two attached hydrogens (primary N) is 1. The van der Waals surface area contributed by atoms with E-state index in [-0.39, 0.29) is 30.7 Å². The highest BCUT2D eigenvalue weighted by molar-refractivity contribution is 7.09. The molecule has 1 aliphatic heterocycles. The van der Waals surface area contributed by atoms with E-state index in [9.17, 15) is 4.79 Å². The molecule has 2 N–H and O–H groups in total. The first-order chi connectivity index (χ1) is 8.61. The summed E-state index contributed by atoms with van der Waals surface area (Å²) in [6.07, 6.45) is 0.861. The largest absolute Gasteiger partial charge is 0.343 e. The summed E-state index contributed by atoms with van der Waals surface area (Å²) < 4.78 is 4.28. The van der Waals surface area contributed by atoms with Crippen LogP contribution in [0, 0.1) is 0 Å². The summed E-state index contributed by atoms with van der Waals surface area (Å²) in [5.41, 5.74) is 5.61. The molecule has 1 aromatic rings. The average molecular weight is 342 g/mol. The van der Waals surface area contributed by atoms with Gasteiger partial charge in [0.15, 0.2) is 0 Å². The maximum atomic E-state index is 11.7. The summed E-state index contributed by atoms with van der Waals surface area (Å²) in [6, 6.07) is -0.412. The summed E-state index contributed by atoms with van der Waals surface area (Å²) in [6.45, 7) is 6.80. The quantitative estimate of drug-likeness (QED) is 0.885. The molecule has 0 aliphatic carbocycles. The first-order valence-electron chi connectivity index (χ1n) is 6.23. The van der Waals surface area contributed by atoms with Gasteiger partial charge in [0.25, 0.3) is 0 Å². The Balaban J connectivity index is 0.00000180. The number of carbonyl (C=O) groups excluding carboxylic acids is 1. The maximum Gasteiger partial charge on any atom is 0.239 e. The Bertz CT molecular complexity index is 421. The monoisotopic (exact) mass is 341 g/mol. The van der Waals surface area contributed by atoms with Gasteiger partial charge in [-0.1, -0.05) is 6.92 Å². The van der Waals surface area contributed by atoms with E-state index in [0.717, 1.165) is 30.5 Å². The van der Waals surface area contributed by atoms with E-state index in [1.165, 1.54) is 11.5 Å². The standard InChI is InChI=1S/C11H19N5OS.2ClH/c1-3-9-13-11(18-14-9)16-6-4-15(5-7-16)10(17)8(2)12;;/h8H,3-7,12H2,1-2H3;2*1H/t8-;;/m1../s1. The second-order valence-electron chi connectivity index (χ2n) is 4.45. The number of anilines is 1. The van der Waals surface area contributed by atoms with Crippen molar-refractivity contribution in [1.82, 2.24) is 14.3 Å². The molecular weight excluding hydrogens is 321 g/mol. The van der Waals surface area contributed by atoms with Gasteiger partial charge in [0.2, 0.25) is 11.0 Å². The molecule has 2 heterocycles. The van der Waals surface area contributed by atoms with Crippen LogP contribution in [-0.4, -0.2) is 52.4 Å². The van der Waals surface area contributed by atoms with Crippen LogP contribution in [0.5, 0.6) is 0 Å². The molecule has 0 aromatic carbocycles. The number of amides is 1. The van der Waals surface area contributed by atoms with E-state index in [0.29, 0.717) is 13.1 Å². The van der Waals surface area contributed by atoms with E-state index in [1.807, 2.05) is 11.8 Å². The molecule has 9 heteroatoms. The second kappa shape index (κ2) is 8.61. The molecule has 0 saturated carbocycles. The number of hydrogen-bond donors (Lipinski definition) is 1. The Hall–Kier alpha value is -0.630. The van der Waals surface area contributed by atoms with Gasteiger partial charge in [-0.25, -0.2) is 4.98 Å². The minimum absolute atomic E-state index is 0. The van der Waals surface area contributed by atoms with Crippen molar-refractivity contribution in [3.8, 4) is 0 Å². The van der Waals surface area contributed by atoms with E-state index in [4.69, 9.17) is 5.73 Å². The summed E-state index contributed by atoms with van der Waals surface area (Å²) in [5.74, 6) is 0.922. The molecule has 1 amide bonds. The zero-order valence-electron chi connectivity index (χ0n) is 11.6. The Morgan fingerprint density at radius 3 is 2.40 bits per heavy atom. The lowest BCUT2D eigenvalue weighted by Crippen LogP contribution is -2.52. The lowest BCUT2D eigenvalue weighted by Gasteiger charge is -2.35. The van der Waals surface area contributed by atoms with Gasteiger partial charge in [0.05, 0.1) is 6.04 Å². The van der Waals surface area contributed by atoms with Crippen LogP contribution in [0.25, 0.3) is 0 Å². The number of halogens is 2. The molecular formula is C11H21Cl2N5OS. The second-order valence-corrected chi connectivity index (χ2v) is 5.18. The first kappa shape index (κ1) is 19.4. The molecule has 1 aromatic heterocycles. The van der Waals surface area contributed by atoms with Gasteiger partial charge in [0, 0.05) is 44.1 Å². The van der Waals surface area contributed by atoms with Crippen LogP contribution in [0.4, 0.5) is 5.13 Å². The lowest BCUT2D eigenvalue weighted by atomic mass is 10.2. The predicted molar refractivity (Wildman–Crippen MR) is 86.2 cm³/mol. The molecule has 116 valence electrons. The minimum atomic E-state index is -0.412. The van der Waals surface area contributed by atoms with Crippen LogP contribution in [0.15, 0.2) is 0 Å². The number of nitrogens with zero attached hydrogens (tertiary/aromatic N) is 4. The van der Waals surface area contributed by atoms with Gasteiger partial charge >= 0.3 is 0 Å². The number of aryl methyl sites for hydroxylation is 1. The van der Waals surface area contributed by atoms with Crippen molar-refractivity contribution in [3.05, 3.63) is 5.82 Å². The fourth-order valence-electron chi connectivity index (χ4n) is 1.92. The van der Waals surface area contributed by atoms with Crippen LogP contribution < -0.4 is 10.6 Å². The van der Waals surface area contributed by atoms with Crippen LogP contribution in [0.3, 0.4) is 0 Å². The van der Waals surface area contributed by atoms with Crippen LogP contribution in [0.1, 0.15) is 19.7 Å². The normalized spacial score (nSPS) is 16.1. The fourth-order valence-corrected chi connectivity index (χ4v) is 2.72.